The van der Waals surface area contributed by atoms with E-state index in [2.05, 4.69) is 42.2 Å². The average Bonchev–Trinajstić information content (AvgIpc) is 3.22. The zero-order chi connectivity index (χ0) is 29.5. The van der Waals surface area contributed by atoms with Crippen LogP contribution in [-0.4, -0.2) is 50.4 Å². The standard InChI is InChI=1S/C31H36N4O4S2/c1-3-4-14-34-28(33-16-12-23(13-17-33)18-22-9-6-5-7-10-22)24(21(2)25(20-32)29(34)38)19-26-30(39)35(31(40)41-26)15-8-11-27(36)37/h5-7,9-10,19,23H,3-4,8,11-18H2,1-2H3,(H,36,37)/b26-19+. The van der Waals surface area contributed by atoms with Gasteiger partial charge in [-0.2, -0.15) is 5.26 Å². The number of anilines is 1. The Labute approximate surface area is 250 Å². The van der Waals surface area contributed by atoms with Gasteiger partial charge in [-0.1, -0.05) is 67.7 Å². The van der Waals surface area contributed by atoms with Gasteiger partial charge in [0.2, 0.25) is 0 Å². The topological polar surface area (TPSA) is 107 Å². The van der Waals surface area contributed by atoms with E-state index in [0.29, 0.717) is 39.2 Å². The highest BCUT2D eigenvalue weighted by Gasteiger charge is 2.33. The van der Waals surface area contributed by atoms with Gasteiger partial charge >= 0.3 is 5.97 Å². The molecule has 0 saturated carbocycles. The van der Waals surface area contributed by atoms with Crippen molar-refractivity contribution in [3.63, 3.8) is 0 Å². The van der Waals surface area contributed by atoms with Crippen LogP contribution in [0.4, 0.5) is 5.82 Å². The molecule has 0 radical (unpaired) electrons. The first-order valence-electron chi connectivity index (χ1n) is 14.2. The maximum Gasteiger partial charge on any atom is 0.303 e. The number of nitrogens with zero attached hydrogens (tertiary/aromatic N) is 4. The summed E-state index contributed by atoms with van der Waals surface area (Å²) < 4.78 is 2.11. The Bertz CT molecular complexity index is 1440. The second kappa shape index (κ2) is 14.0. The molecule has 10 heteroatoms. The van der Waals surface area contributed by atoms with Crippen LogP contribution in [0.1, 0.15) is 67.7 Å². The van der Waals surface area contributed by atoms with Gasteiger partial charge in [-0.05, 0) is 62.1 Å². The first-order valence-corrected chi connectivity index (χ1v) is 15.4. The lowest BCUT2D eigenvalue weighted by Gasteiger charge is -2.36. The quantitative estimate of drug-likeness (QED) is 0.275. The van der Waals surface area contributed by atoms with Gasteiger partial charge in [-0.3, -0.25) is 23.9 Å². The highest BCUT2D eigenvalue weighted by molar-refractivity contribution is 8.26. The van der Waals surface area contributed by atoms with E-state index in [9.17, 15) is 19.6 Å². The number of carbonyl (C=O) groups is 2. The molecule has 3 heterocycles. The number of unbranched alkanes of at least 4 members (excludes halogenated alkanes) is 1. The molecule has 1 N–H and O–H groups in total. The van der Waals surface area contributed by atoms with E-state index in [4.69, 9.17) is 17.3 Å². The molecular weight excluding hydrogens is 556 g/mol. The number of aromatic nitrogens is 1. The lowest BCUT2D eigenvalue weighted by atomic mass is 9.90. The van der Waals surface area contributed by atoms with Crippen molar-refractivity contribution in [3.8, 4) is 6.07 Å². The number of rotatable bonds is 11. The predicted molar refractivity (Wildman–Crippen MR) is 167 cm³/mol. The van der Waals surface area contributed by atoms with Crippen LogP contribution in [0, 0.1) is 24.2 Å². The summed E-state index contributed by atoms with van der Waals surface area (Å²) in [6, 6.07) is 12.6. The van der Waals surface area contributed by atoms with Crippen LogP contribution in [0.25, 0.3) is 6.08 Å². The van der Waals surface area contributed by atoms with E-state index in [1.807, 2.05) is 6.07 Å². The molecule has 1 amide bonds. The Hall–Kier alpha value is -3.42. The molecule has 0 spiro atoms. The smallest absolute Gasteiger partial charge is 0.303 e. The van der Waals surface area contributed by atoms with Gasteiger partial charge in [0.15, 0.2) is 0 Å². The third-order valence-corrected chi connectivity index (χ3v) is 9.16. The zero-order valence-electron chi connectivity index (χ0n) is 23.6. The minimum atomic E-state index is -0.919. The number of benzene rings is 1. The van der Waals surface area contributed by atoms with Crippen LogP contribution in [0.5, 0.6) is 0 Å². The summed E-state index contributed by atoms with van der Waals surface area (Å²) in [6.45, 7) is 6.09. The number of aliphatic carboxylic acids is 1. The molecular formula is C31H36N4O4S2. The molecule has 4 rings (SSSR count). The summed E-state index contributed by atoms with van der Waals surface area (Å²) in [4.78, 5) is 42.0. The molecule has 0 unspecified atom stereocenters. The van der Waals surface area contributed by atoms with Gasteiger partial charge in [0.1, 0.15) is 21.8 Å². The monoisotopic (exact) mass is 592 g/mol. The van der Waals surface area contributed by atoms with E-state index >= 15 is 0 Å². The van der Waals surface area contributed by atoms with Crippen molar-refractivity contribution in [2.24, 2.45) is 5.92 Å². The maximum atomic E-state index is 13.6. The van der Waals surface area contributed by atoms with Crippen LogP contribution < -0.4 is 10.5 Å². The summed E-state index contributed by atoms with van der Waals surface area (Å²) in [5, 5.41) is 18.9. The third-order valence-electron chi connectivity index (χ3n) is 7.78. The number of hydrogen-bond donors (Lipinski definition) is 1. The first kappa shape index (κ1) is 30.5. The van der Waals surface area contributed by atoms with Crippen molar-refractivity contribution in [1.82, 2.24) is 9.47 Å². The molecule has 2 fully saturated rings. The number of carboxylic acid groups (broad SMARTS) is 1. The van der Waals surface area contributed by atoms with Crippen molar-refractivity contribution >= 4 is 52.1 Å². The lowest BCUT2D eigenvalue weighted by Crippen LogP contribution is -2.40. The number of carboxylic acids is 1. The molecule has 8 nitrogen and oxygen atoms in total. The number of piperidine rings is 1. The molecule has 2 aromatic rings. The van der Waals surface area contributed by atoms with Gasteiger partial charge < -0.3 is 10.0 Å². The number of amides is 1. The number of hydrogen-bond acceptors (Lipinski definition) is 7. The molecule has 2 aliphatic rings. The summed E-state index contributed by atoms with van der Waals surface area (Å²) >= 11 is 6.64. The van der Waals surface area contributed by atoms with E-state index < -0.39 is 5.97 Å². The maximum absolute atomic E-state index is 13.6. The minimum absolute atomic E-state index is 0.0481. The van der Waals surface area contributed by atoms with Crippen molar-refractivity contribution < 1.29 is 14.7 Å². The molecule has 2 saturated heterocycles. The number of carbonyl (C=O) groups excluding carboxylic acids is 1. The Morgan fingerprint density at radius 2 is 1.88 bits per heavy atom. The van der Waals surface area contributed by atoms with Crippen LogP contribution in [0.15, 0.2) is 40.0 Å². The van der Waals surface area contributed by atoms with E-state index in [1.54, 1.807) is 17.6 Å². The first-order chi connectivity index (χ1) is 19.7. The Morgan fingerprint density at radius 3 is 2.51 bits per heavy atom. The molecule has 2 aliphatic heterocycles. The highest BCUT2D eigenvalue weighted by Crippen LogP contribution is 2.37. The molecule has 41 heavy (non-hydrogen) atoms. The fourth-order valence-electron chi connectivity index (χ4n) is 5.52. The number of nitriles is 1. The highest BCUT2D eigenvalue weighted by atomic mass is 32.2. The molecule has 1 aromatic carbocycles. The normalized spacial score (nSPS) is 17.0. The molecule has 0 aliphatic carbocycles. The minimum Gasteiger partial charge on any atom is -0.481 e. The van der Waals surface area contributed by atoms with Crippen LogP contribution in [-0.2, 0) is 22.6 Å². The van der Waals surface area contributed by atoms with E-state index in [1.165, 1.54) is 22.2 Å². The fraction of sp³-hybridized carbons (Fsp3) is 0.452. The number of thiocarbonyl (C=S) groups is 1. The summed E-state index contributed by atoms with van der Waals surface area (Å²) in [7, 11) is 0. The van der Waals surface area contributed by atoms with Gasteiger partial charge in [-0.25, -0.2) is 0 Å². The van der Waals surface area contributed by atoms with Crippen LogP contribution in [0.3, 0.4) is 0 Å². The third kappa shape index (κ3) is 7.08. The van der Waals surface area contributed by atoms with E-state index in [-0.39, 0.29) is 30.0 Å². The Balaban J connectivity index is 1.70. The Kier molecular flexibility index (Phi) is 10.4. The number of thioether (sulfide) groups is 1. The van der Waals surface area contributed by atoms with Gasteiger partial charge in [0, 0.05) is 38.2 Å². The largest absolute Gasteiger partial charge is 0.481 e. The fourth-order valence-corrected chi connectivity index (χ4v) is 6.81. The second-order valence-corrected chi connectivity index (χ2v) is 12.3. The zero-order valence-corrected chi connectivity index (χ0v) is 25.2. The second-order valence-electron chi connectivity index (χ2n) is 10.6. The van der Waals surface area contributed by atoms with Crippen molar-refractivity contribution in [3.05, 3.63) is 67.8 Å². The SMILES string of the molecule is CCCCn1c(N2CCC(Cc3ccccc3)CC2)c(/C=C2/SC(=S)N(CCCC(=O)O)C2=O)c(C)c(C#N)c1=O. The van der Waals surface area contributed by atoms with Crippen molar-refractivity contribution in [1.29, 1.82) is 5.26 Å². The number of pyridine rings is 1. The summed E-state index contributed by atoms with van der Waals surface area (Å²) in [5.41, 5.74) is 2.38. The van der Waals surface area contributed by atoms with E-state index in [0.717, 1.165) is 51.0 Å². The molecule has 0 bridgehead atoms. The Morgan fingerprint density at radius 1 is 1.17 bits per heavy atom. The van der Waals surface area contributed by atoms with Crippen molar-refractivity contribution in [2.75, 3.05) is 24.5 Å². The van der Waals surface area contributed by atoms with Crippen LogP contribution in [0.2, 0.25) is 0 Å². The molecule has 216 valence electrons. The molecule has 0 atom stereocenters. The average molecular weight is 593 g/mol. The lowest BCUT2D eigenvalue weighted by molar-refractivity contribution is -0.137. The molecule has 1 aromatic heterocycles. The summed E-state index contributed by atoms with van der Waals surface area (Å²) in [5.74, 6) is 0.1000. The van der Waals surface area contributed by atoms with Gasteiger partial charge in [-0.15, -0.1) is 0 Å². The van der Waals surface area contributed by atoms with Crippen LogP contribution >= 0.6 is 24.0 Å². The predicted octanol–water partition coefficient (Wildman–Crippen LogP) is 5.35. The van der Waals surface area contributed by atoms with Gasteiger partial charge in [0.25, 0.3) is 11.5 Å². The van der Waals surface area contributed by atoms with Gasteiger partial charge in [0.05, 0.1) is 4.91 Å². The van der Waals surface area contributed by atoms with Crippen molar-refractivity contribution in [2.45, 2.75) is 65.3 Å². The summed E-state index contributed by atoms with van der Waals surface area (Å²) in [6.07, 6.45) is 6.68.